The number of nitrogens with one attached hydrogen (secondary N) is 3. The second-order valence-corrected chi connectivity index (χ2v) is 7.44. The van der Waals surface area contributed by atoms with Crippen LogP contribution in [0.25, 0.3) is 0 Å². The largest absolute Gasteiger partial charge is 0.484 e. The third kappa shape index (κ3) is 9.31. The molecule has 3 N–H and O–H groups in total. The molecule has 1 aromatic carbocycles. The van der Waals surface area contributed by atoms with Gasteiger partial charge in [-0.15, -0.1) is 0 Å². The van der Waals surface area contributed by atoms with E-state index in [1.165, 1.54) is 6.42 Å². The van der Waals surface area contributed by atoms with Gasteiger partial charge in [-0.1, -0.05) is 26.0 Å². The van der Waals surface area contributed by atoms with Gasteiger partial charge in [-0.05, 0) is 56.2 Å². The van der Waals surface area contributed by atoms with Gasteiger partial charge in [0.05, 0.1) is 6.54 Å². The highest BCUT2D eigenvalue weighted by molar-refractivity contribution is 5.79. The van der Waals surface area contributed by atoms with Crippen molar-refractivity contribution >= 4 is 11.9 Å². The third-order valence-electron chi connectivity index (χ3n) is 4.23. The number of aliphatic imine (C=N–C) groups is 1. The van der Waals surface area contributed by atoms with E-state index in [1.54, 1.807) is 0 Å². The molecule has 27 heavy (non-hydrogen) atoms. The molecule has 6 heteroatoms. The van der Waals surface area contributed by atoms with E-state index in [1.807, 2.05) is 24.3 Å². The molecule has 0 atom stereocenters. The number of hydrogen-bond acceptors (Lipinski definition) is 3. The zero-order chi connectivity index (χ0) is 19.5. The van der Waals surface area contributed by atoms with Gasteiger partial charge in [0.25, 0.3) is 5.91 Å². The molecule has 150 valence electrons. The van der Waals surface area contributed by atoms with Gasteiger partial charge in [-0.25, -0.2) is 4.99 Å². The van der Waals surface area contributed by atoms with Crippen molar-refractivity contribution in [2.75, 3.05) is 19.7 Å². The van der Waals surface area contributed by atoms with Crippen LogP contribution in [0.2, 0.25) is 0 Å². The number of rotatable bonds is 11. The summed E-state index contributed by atoms with van der Waals surface area (Å²) in [6.07, 6.45) is 4.51. The maximum Gasteiger partial charge on any atom is 0.258 e. The maximum absolute atomic E-state index is 11.7. The molecule has 0 aliphatic heterocycles. The van der Waals surface area contributed by atoms with E-state index in [2.05, 4.69) is 41.7 Å². The van der Waals surface area contributed by atoms with Gasteiger partial charge in [0.15, 0.2) is 12.6 Å². The average molecular weight is 375 g/mol. The van der Waals surface area contributed by atoms with Crippen molar-refractivity contribution in [2.45, 2.75) is 59.0 Å². The fraction of sp³-hybridized carbons (Fsp3) is 0.619. The predicted octanol–water partition coefficient (Wildman–Crippen LogP) is 2.84. The molecule has 1 aromatic rings. The number of carbonyl (C=O) groups is 1. The van der Waals surface area contributed by atoms with E-state index in [0.717, 1.165) is 49.8 Å². The Morgan fingerprint density at radius 3 is 2.81 bits per heavy atom. The van der Waals surface area contributed by atoms with Gasteiger partial charge >= 0.3 is 0 Å². The highest BCUT2D eigenvalue weighted by atomic mass is 16.5. The lowest BCUT2D eigenvalue weighted by Crippen LogP contribution is -2.37. The van der Waals surface area contributed by atoms with Crippen LogP contribution in [0, 0.1) is 5.92 Å². The fourth-order valence-corrected chi connectivity index (χ4v) is 2.61. The molecular formula is C21H34N4O2. The summed E-state index contributed by atoms with van der Waals surface area (Å²) in [5, 5.41) is 9.58. The van der Waals surface area contributed by atoms with E-state index in [-0.39, 0.29) is 12.5 Å². The van der Waals surface area contributed by atoms with Crippen LogP contribution in [-0.4, -0.2) is 37.6 Å². The van der Waals surface area contributed by atoms with Gasteiger partial charge < -0.3 is 20.7 Å². The average Bonchev–Trinajstić information content (AvgIpc) is 3.45. The van der Waals surface area contributed by atoms with Crippen LogP contribution in [0.15, 0.2) is 29.3 Å². The van der Waals surface area contributed by atoms with E-state index >= 15 is 0 Å². The first-order valence-corrected chi connectivity index (χ1v) is 10.1. The highest BCUT2D eigenvalue weighted by Gasteiger charge is 2.23. The summed E-state index contributed by atoms with van der Waals surface area (Å²) < 4.78 is 5.60. The SMILES string of the molecule is CCNC(=NCc1cccc(OCC(=O)NC2CC2)c1)NCCCC(C)C. The lowest BCUT2D eigenvalue weighted by atomic mass is 10.1. The lowest BCUT2D eigenvalue weighted by molar-refractivity contribution is -0.123. The van der Waals surface area contributed by atoms with Gasteiger partial charge in [-0.2, -0.15) is 0 Å². The first kappa shape index (κ1) is 21.1. The van der Waals surface area contributed by atoms with E-state index in [0.29, 0.717) is 18.3 Å². The van der Waals surface area contributed by atoms with Crippen molar-refractivity contribution in [3.05, 3.63) is 29.8 Å². The summed E-state index contributed by atoms with van der Waals surface area (Å²) in [7, 11) is 0. The topological polar surface area (TPSA) is 74.8 Å². The molecule has 0 spiro atoms. The smallest absolute Gasteiger partial charge is 0.258 e. The Morgan fingerprint density at radius 1 is 1.30 bits per heavy atom. The lowest BCUT2D eigenvalue weighted by Gasteiger charge is -2.12. The Balaban J connectivity index is 1.80. The molecule has 1 aliphatic rings. The van der Waals surface area contributed by atoms with Crippen molar-refractivity contribution in [2.24, 2.45) is 10.9 Å². The minimum atomic E-state index is -0.0547. The number of ether oxygens (including phenoxy) is 1. The molecular weight excluding hydrogens is 340 g/mol. The van der Waals surface area contributed by atoms with Crippen molar-refractivity contribution in [3.8, 4) is 5.75 Å². The number of guanidine groups is 1. The first-order chi connectivity index (χ1) is 13.1. The number of hydrogen-bond donors (Lipinski definition) is 3. The third-order valence-corrected chi connectivity index (χ3v) is 4.23. The normalized spacial score (nSPS) is 14.1. The monoisotopic (exact) mass is 374 g/mol. The van der Waals surface area contributed by atoms with E-state index < -0.39 is 0 Å². The summed E-state index contributed by atoms with van der Waals surface area (Å²) in [6, 6.07) is 8.12. The van der Waals surface area contributed by atoms with Crippen molar-refractivity contribution in [3.63, 3.8) is 0 Å². The van der Waals surface area contributed by atoms with Crippen LogP contribution < -0.4 is 20.7 Å². The molecule has 0 aromatic heterocycles. The molecule has 1 amide bonds. The summed E-state index contributed by atoms with van der Waals surface area (Å²) in [4.78, 5) is 16.4. The Morgan fingerprint density at radius 2 is 2.11 bits per heavy atom. The number of amides is 1. The van der Waals surface area contributed by atoms with Gasteiger partial charge in [-0.3, -0.25) is 4.79 Å². The Hall–Kier alpha value is -2.24. The molecule has 1 fully saturated rings. The molecule has 6 nitrogen and oxygen atoms in total. The molecule has 0 radical (unpaired) electrons. The first-order valence-electron chi connectivity index (χ1n) is 10.1. The molecule has 0 bridgehead atoms. The minimum Gasteiger partial charge on any atom is -0.484 e. The molecule has 0 saturated heterocycles. The molecule has 0 unspecified atom stereocenters. The van der Waals surface area contributed by atoms with E-state index in [9.17, 15) is 4.79 Å². The predicted molar refractivity (Wildman–Crippen MR) is 110 cm³/mol. The number of carbonyl (C=O) groups excluding carboxylic acids is 1. The zero-order valence-corrected chi connectivity index (χ0v) is 16.9. The maximum atomic E-state index is 11.7. The second-order valence-electron chi connectivity index (χ2n) is 7.44. The summed E-state index contributed by atoms with van der Waals surface area (Å²) >= 11 is 0. The van der Waals surface area contributed by atoms with Gasteiger partial charge in [0.1, 0.15) is 5.75 Å². The fourth-order valence-electron chi connectivity index (χ4n) is 2.61. The Bertz CT molecular complexity index is 612. The van der Waals surface area contributed by atoms with Crippen LogP contribution >= 0.6 is 0 Å². The summed E-state index contributed by atoms with van der Waals surface area (Å²) in [6.45, 7) is 8.91. The van der Waals surface area contributed by atoms with Crippen molar-refractivity contribution < 1.29 is 9.53 Å². The van der Waals surface area contributed by atoms with Crippen molar-refractivity contribution in [1.29, 1.82) is 0 Å². The van der Waals surface area contributed by atoms with Crippen LogP contribution in [-0.2, 0) is 11.3 Å². The molecule has 2 rings (SSSR count). The molecule has 1 saturated carbocycles. The number of nitrogens with zero attached hydrogens (tertiary/aromatic N) is 1. The standard InChI is InChI=1S/C21H34N4O2/c1-4-22-21(23-12-6-7-16(2)3)24-14-17-8-5-9-19(13-17)27-15-20(26)25-18-10-11-18/h5,8-9,13,16,18H,4,6-7,10-12,14-15H2,1-3H3,(H,25,26)(H2,22,23,24). The number of benzene rings is 1. The Labute approximate surface area is 163 Å². The minimum absolute atomic E-state index is 0.0547. The van der Waals surface area contributed by atoms with Crippen LogP contribution in [0.1, 0.15) is 52.0 Å². The second kappa shape index (κ2) is 11.5. The summed E-state index contributed by atoms with van der Waals surface area (Å²) in [5.74, 6) is 2.20. The summed E-state index contributed by atoms with van der Waals surface area (Å²) in [5.41, 5.74) is 1.05. The van der Waals surface area contributed by atoms with Crippen LogP contribution in [0.5, 0.6) is 5.75 Å². The quantitative estimate of drug-likeness (QED) is 0.316. The molecule has 0 heterocycles. The van der Waals surface area contributed by atoms with Crippen LogP contribution in [0.3, 0.4) is 0 Å². The van der Waals surface area contributed by atoms with E-state index in [4.69, 9.17) is 4.74 Å². The highest BCUT2D eigenvalue weighted by Crippen LogP contribution is 2.18. The van der Waals surface area contributed by atoms with Gasteiger partial charge in [0.2, 0.25) is 0 Å². The van der Waals surface area contributed by atoms with Crippen molar-refractivity contribution in [1.82, 2.24) is 16.0 Å². The van der Waals surface area contributed by atoms with Gasteiger partial charge in [0, 0.05) is 19.1 Å². The zero-order valence-electron chi connectivity index (χ0n) is 16.9. The molecule has 1 aliphatic carbocycles. The Kier molecular flexibility index (Phi) is 8.95. The van der Waals surface area contributed by atoms with Crippen LogP contribution in [0.4, 0.5) is 0 Å².